The maximum absolute atomic E-state index is 12.9. The second-order valence-electron chi connectivity index (χ2n) is 8.17. The Morgan fingerprint density at radius 3 is 2.48 bits per heavy atom. The number of sulfone groups is 1. The molecule has 2 heterocycles. The van der Waals surface area contributed by atoms with Gasteiger partial charge in [0.05, 0.1) is 20.5 Å². The zero-order valence-corrected chi connectivity index (χ0v) is 17.3. The number of thiophene rings is 1. The van der Waals surface area contributed by atoms with Gasteiger partial charge in [-0.15, -0.1) is 11.3 Å². The van der Waals surface area contributed by atoms with Gasteiger partial charge in [-0.05, 0) is 53.0 Å². The number of aliphatic imine (C=N–C) groups is 1. The van der Waals surface area contributed by atoms with Crippen molar-refractivity contribution in [2.75, 3.05) is 5.75 Å². The van der Waals surface area contributed by atoms with E-state index in [4.69, 9.17) is 17.3 Å². The lowest BCUT2D eigenvalue weighted by Gasteiger charge is -2.46. The van der Waals surface area contributed by atoms with Gasteiger partial charge in [-0.3, -0.25) is 4.99 Å². The number of halogens is 1. The maximum Gasteiger partial charge on any atom is 0.165 e. The van der Waals surface area contributed by atoms with Crippen LogP contribution in [0.3, 0.4) is 0 Å². The molecule has 0 amide bonds. The summed E-state index contributed by atoms with van der Waals surface area (Å²) < 4.78 is 24.9. The summed E-state index contributed by atoms with van der Waals surface area (Å²) in [5, 5.41) is 0.502. The fourth-order valence-corrected chi connectivity index (χ4v) is 7.37. The van der Waals surface area contributed by atoms with Crippen LogP contribution in [0.15, 0.2) is 11.1 Å². The van der Waals surface area contributed by atoms with Gasteiger partial charge in [0, 0.05) is 5.41 Å². The molecule has 0 radical (unpaired) electrons. The van der Waals surface area contributed by atoms with Gasteiger partial charge in [-0.25, -0.2) is 8.42 Å². The molecule has 2 aliphatic rings. The molecular formula is C18H23ClN2O2S2. The van der Waals surface area contributed by atoms with Gasteiger partial charge in [0.1, 0.15) is 16.1 Å². The lowest BCUT2D eigenvalue weighted by Crippen LogP contribution is -2.61. The van der Waals surface area contributed by atoms with Crippen LogP contribution >= 0.6 is 22.9 Å². The third-order valence-corrected chi connectivity index (χ3v) is 9.26. The number of rotatable bonds is 1. The molecule has 136 valence electrons. The highest BCUT2D eigenvalue weighted by molar-refractivity contribution is 7.93. The first-order valence-corrected chi connectivity index (χ1v) is 11.1. The van der Waals surface area contributed by atoms with E-state index in [9.17, 15) is 8.42 Å². The van der Waals surface area contributed by atoms with Crippen molar-refractivity contribution in [1.29, 1.82) is 0 Å². The van der Waals surface area contributed by atoms with Crippen LogP contribution in [0.25, 0.3) is 0 Å². The highest BCUT2D eigenvalue weighted by atomic mass is 35.5. The van der Waals surface area contributed by atoms with Crippen LogP contribution < -0.4 is 5.73 Å². The quantitative estimate of drug-likeness (QED) is 0.732. The lowest BCUT2D eigenvalue weighted by molar-refractivity contribution is 0.393. The third kappa shape index (κ3) is 3.11. The topological polar surface area (TPSA) is 72.5 Å². The Morgan fingerprint density at radius 2 is 2.00 bits per heavy atom. The molecule has 1 spiro atoms. The zero-order valence-electron chi connectivity index (χ0n) is 14.9. The van der Waals surface area contributed by atoms with Gasteiger partial charge in [0.25, 0.3) is 0 Å². The molecule has 1 fully saturated rings. The van der Waals surface area contributed by atoms with Crippen molar-refractivity contribution in [2.24, 2.45) is 16.1 Å². The largest absolute Gasteiger partial charge is 0.386 e. The second-order valence-corrected chi connectivity index (χ2v) is 11.9. The third-order valence-electron chi connectivity index (χ3n) is 4.80. The SMILES string of the molecule is CC(C)(C)C#Cc1cc(Cl)c([C@]2(C)CS(=O)(=O)C3(CCC3)C(N)=N2)s1. The van der Waals surface area contributed by atoms with Gasteiger partial charge in [0.2, 0.25) is 0 Å². The van der Waals surface area contributed by atoms with Crippen LogP contribution in [0.4, 0.5) is 0 Å². The molecule has 4 nitrogen and oxygen atoms in total. The van der Waals surface area contributed by atoms with E-state index in [-0.39, 0.29) is 17.0 Å². The second kappa shape index (κ2) is 5.73. The van der Waals surface area contributed by atoms with Gasteiger partial charge in [-0.1, -0.05) is 23.4 Å². The minimum Gasteiger partial charge on any atom is -0.386 e. The first kappa shape index (κ1) is 18.8. The Hall–Kier alpha value is -1.03. The summed E-state index contributed by atoms with van der Waals surface area (Å²) >= 11 is 7.82. The molecule has 7 heteroatoms. The van der Waals surface area contributed by atoms with Gasteiger partial charge in [-0.2, -0.15) is 0 Å². The first-order chi connectivity index (χ1) is 11.4. The first-order valence-electron chi connectivity index (χ1n) is 8.30. The van der Waals surface area contributed by atoms with E-state index in [1.165, 1.54) is 11.3 Å². The van der Waals surface area contributed by atoms with Crippen molar-refractivity contribution in [3.8, 4) is 11.8 Å². The van der Waals surface area contributed by atoms with Crippen molar-refractivity contribution >= 4 is 38.6 Å². The maximum atomic E-state index is 12.9. The molecule has 0 aromatic carbocycles. The van der Waals surface area contributed by atoms with Crippen molar-refractivity contribution in [2.45, 2.75) is 57.2 Å². The Kier molecular flexibility index (Phi) is 4.30. The van der Waals surface area contributed by atoms with Gasteiger partial charge in [0.15, 0.2) is 9.84 Å². The summed E-state index contributed by atoms with van der Waals surface area (Å²) in [5.74, 6) is 6.47. The monoisotopic (exact) mass is 398 g/mol. The van der Waals surface area contributed by atoms with Crippen LogP contribution in [0.5, 0.6) is 0 Å². The summed E-state index contributed by atoms with van der Waals surface area (Å²) in [6.45, 7) is 7.90. The van der Waals surface area contributed by atoms with Gasteiger partial charge >= 0.3 is 0 Å². The van der Waals surface area contributed by atoms with Crippen molar-refractivity contribution < 1.29 is 8.42 Å². The summed E-state index contributed by atoms with van der Waals surface area (Å²) in [6.07, 6.45) is 2.01. The summed E-state index contributed by atoms with van der Waals surface area (Å²) in [4.78, 5) is 6.16. The Morgan fingerprint density at radius 1 is 1.36 bits per heavy atom. The van der Waals surface area contributed by atoms with Crippen LogP contribution in [0.1, 0.15) is 56.7 Å². The Labute approximate surface area is 158 Å². The molecular weight excluding hydrogens is 376 g/mol. The minimum absolute atomic E-state index is 0.0624. The van der Waals surface area contributed by atoms with Crippen molar-refractivity contribution in [3.63, 3.8) is 0 Å². The average molecular weight is 399 g/mol. The molecule has 1 atom stereocenters. The number of nitrogens with zero attached hydrogens (tertiary/aromatic N) is 1. The van der Waals surface area contributed by atoms with E-state index >= 15 is 0 Å². The summed E-state index contributed by atoms with van der Waals surface area (Å²) in [5.41, 5.74) is 5.07. The molecule has 1 aromatic rings. The van der Waals surface area contributed by atoms with Crippen molar-refractivity contribution in [1.82, 2.24) is 0 Å². The molecule has 0 bridgehead atoms. The number of nitrogens with two attached hydrogens (primary N) is 1. The van der Waals surface area contributed by atoms with E-state index in [0.717, 1.165) is 11.3 Å². The number of amidine groups is 1. The molecule has 2 N–H and O–H groups in total. The summed E-state index contributed by atoms with van der Waals surface area (Å²) in [7, 11) is -3.38. The molecule has 25 heavy (non-hydrogen) atoms. The predicted molar refractivity (Wildman–Crippen MR) is 105 cm³/mol. The smallest absolute Gasteiger partial charge is 0.165 e. The molecule has 1 aliphatic heterocycles. The predicted octanol–water partition coefficient (Wildman–Crippen LogP) is 3.72. The summed E-state index contributed by atoms with van der Waals surface area (Å²) in [6, 6.07) is 1.79. The molecule has 0 unspecified atom stereocenters. The Balaban J connectivity index is 2.05. The Bertz CT molecular complexity index is 909. The van der Waals surface area contributed by atoms with E-state index in [0.29, 0.717) is 22.7 Å². The molecule has 1 saturated carbocycles. The van der Waals surface area contributed by atoms with E-state index in [1.807, 2.05) is 20.8 Å². The van der Waals surface area contributed by atoms with Crippen LogP contribution in [-0.4, -0.2) is 24.8 Å². The van der Waals surface area contributed by atoms with Crippen LogP contribution in [-0.2, 0) is 15.4 Å². The fraction of sp³-hybridized carbons (Fsp3) is 0.611. The molecule has 3 rings (SSSR count). The zero-order chi connectivity index (χ0) is 18.7. The molecule has 1 aromatic heterocycles. The fourth-order valence-electron chi connectivity index (χ4n) is 3.30. The molecule has 1 aliphatic carbocycles. The average Bonchev–Trinajstić information content (AvgIpc) is 2.73. The van der Waals surface area contributed by atoms with E-state index < -0.39 is 20.1 Å². The molecule has 0 saturated heterocycles. The highest BCUT2D eigenvalue weighted by Crippen LogP contribution is 2.49. The standard InChI is InChI=1S/C18H23ClN2O2S2/c1-16(2,3)9-6-12-10-13(19)14(24-12)17(4)11-25(22,23)18(7-5-8-18)15(20)21-17/h10H,5,7-8,11H2,1-4H3,(H2,20,21)/t17-/m0/s1. The highest BCUT2D eigenvalue weighted by Gasteiger charge is 2.58. The lowest BCUT2D eigenvalue weighted by atomic mass is 9.82. The van der Waals surface area contributed by atoms with Crippen LogP contribution in [0.2, 0.25) is 5.02 Å². The normalized spacial score (nSPS) is 27.2. The van der Waals surface area contributed by atoms with E-state index in [1.54, 1.807) is 13.0 Å². The van der Waals surface area contributed by atoms with Crippen LogP contribution in [0, 0.1) is 17.3 Å². The van der Waals surface area contributed by atoms with Crippen molar-refractivity contribution in [3.05, 3.63) is 20.8 Å². The van der Waals surface area contributed by atoms with E-state index in [2.05, 4.69) is 16.8 Å². The number of hydrogen-bond donors (Lipinski definition) is 1. The minimum atomic E-state index is -3.38. The van der Waals surface area contributed by atoms with Gasteiger partial charge < -0.3 is 5.73 Å². The number of hydrogen-bond acceptors (Lipinski definition) is 5.